The Kier molecular flexibility index (Phi) is 9.90. The number of hydrogen-bond acceptors (Lipinski definition) is 6. The summed E-state index contributed by atoms with van der Waals surface area (Å²) < 4.78 is 9.75. The van der Waals surface area contributed by atoms with Crippen molar-refractivity contribution in [3.63, 3.8) is 0 Å². The summed E-state index contributed by atoms with van der Waals surface area (Å²) in [5.41, 5.74) is 1.50. The highest BCUT2D eigenvalue weighted by Gasteiger charge is 2.33. The smallest absolute Gasteiger partial charge is 0.408 e. The van der Waals surface area contributed by atoms with Crippen molar-refractivity contribution in [3.05, 3.63) is 47.5 Å². The second kappa shape index (κ2) is 11.9. The first-order chi connectivity index (χ1) is 14.9. The van der Waals surface area contributed by atoms with Crippen LogP contribution in [0, 0.1) is 13.8 Å². The van der Waals surface area contributed by atoms with Gasteiger partial charge >= 0.3 is 12.1 Å². The van der Waals surface area contributed by atoms with Crippen molar-refractivity contribution in [3.8, 4) is 0 Å². The zero-order valence-electron chi connectivity index (χ0n) is 19.6. The molecule has 0 aromatic heterocycles. The minimum atomic E-state index is -1.05. The van der Waals surface area contributed by atoms with Crippen LogP contribution >= 0.6 is 0 Å². The summed E-state index contributed by atoms with van der Waals surface area (Å²) in [6.45, 7) is 11.8. The number of benzene rings is 1. The van der Waals surface area contributed by atoms with Gasteiger partial charge in [0, 0.05) is 6.54 Å². The van der Waals surface area contributed by atoms with Gasteiger partial charge in [0.2, 0.25) is 11.8 Å². The van der Waals surface area contributed by atoms with Crippen molar-refractivity contribution in [1.29, 1.82) is 0 Å². The Morgan fingerprint density at radius 3 is 2.19 bits per heavy atom. The van der Waals surface area contributed by atoms with Crippen LogP contribution in [0.3, 0.4) is 0 Å². The minimum Gasteiger partial charge on any atom is -0.468 e. The van der Waals surface area contributed by atoms with E-state index >= 15 is 0 Å². The van der Waals surface area contributed by atoms with Crippen molar-refractivity contribution < 1.29 is 28.7 Å². The zero-order chi connectivity index (χ0) is 24.5. The number of nitrogens with zero attached hydrogens (tertiary/aromatic N) is 1. The molecule has 9 nitrogen and oxygen atoms in total. The number of methoxy groups -OCH3 is 1. The molecule has 3 amide bonds. The molecule has 0 saturated heterocycles. The predicted molar refractivity (Wildman–Crippen MR) is 120 cm³/mol. The van der Waals surface area contributed by atoms with Crippen LogP contribution in [-0.4, -0.2) is 61.1 Å². The number of rotatable bonds is 9. The molecule has 1 aromatic carbocycles. The summed E-state index contributed by atoms with van der Waals surface area (Å²) in [4.78, 5) is 51.0. The highest BCUT2D eigenvalue weighted by molar-refractivity contribution is 5.92. The maximum atomic E-state index is 13.2. The molecule has 0 aliphatic rings. The van der Waals surface area contributed by atoms with Crippen LogP contribution in [0.2, 0.25) is 0 Å². The van der Waals surface area contributed by atoms with Gasteiger partial charge in [0.25, 0.3) is 0 Å². The Labute approximate surface area is 189 Å². The molecule has 1 atom stereocenters. The maximum absolute atomic E-state index is 13.2. The van der Waals surface area contributed by atoms with Crippen LogP contribution in [-0.2, 0) is 23.9 Å². The Morgan fingerprint density at radius 2 is 1.69 bits per heavy atom. The molecule has 0 fully saturated rings. The summed E-state index contributed by atoms with van der Waals surface area (Å²) in [5.74, 6) is -1.69. The fourth-order valence-electron chi connectivity index (χ4n) is 3.07. The molecule has 0 radical (unpaired) electrons. The summed E-state index contributed by atoms with van der Waals surface area (Å²) >= 11 is 0. The first-order valence-electron chi connectivity index (χ1n) is 10.2. The molecule has 0 bridgehead atoms. The fourth-order valence-corrected chi connectivity index (χ4v) is 3.07. The van der Waals surface area contributed by atoms with Crippen molar-refractivity contribution >= 4 is 23.9 Å². The van der Waals surface area contributed by atoms with E-state index in [2.05, 4.69) is 21.9 Å². The number of amides is 3. The second-order valence-corrected chi connectivity index (χ2v) is 8.19. The van der Waals surface area contributed by atoms with Gasteiger partial charge in [-0.1, -0.05) is 24.3 Å². The number of carbonyl (C=O) groups is 4. The lowest BCUT2D eigenvalue weighted by atomic mass is 9.94. The zero-order valence-corrected chi connectivity index (χ0v) is 19.6. The predicted octanol–water partition coefficient (Wildman–Crippen LogP) is 2.17. The number of aryl methyl sites for hydroxylation is 2. The largest absolute Gasteiger partial charge is 0.468 e. The van der Waals surface area contributed by atoms with Gasteiger partial charge in [0.1, 0.15) is 24.7 Å². The van der Waals surface area contributed by atoms with Gasteiger partial charge in [-0.05, 0) is 51.3 Å². The Bertz CT molecular complexity index is 840. The van der Waals surface area contributed by atoms with E-state index in [0.717, 1.165) is 11.1 Å². The lowest BCUT2D eigenvalue weighted by Gasteiger charge is -2.32. The highest BCUT2D eigenvalue weighted by Crippen LogP contribution is 2.28. The number of esters is 1. The standard InChI is InChI=1S/C23H33N3O6/c1-8-12-26(17(27)13-25-22(30)32-23(4,5)6)20(21(29)24-14-18(28)31-7)19-15(2)10-9-11-16(19)3/h8-11,20H,1,12-14H2,2-7H3,(H,24,29)(H,25,30). The quantitative estimate of drug-likeness (QED) is 0.443. The minimum absolute atomic E-state index is 0.0406. The SMILES string of the molecule is C=CCN(C(=O)CNC(=O)OC(C)(C)C)C(C(=O)NCC(=O)OC)c1c(C)cccc1C. The van der Waals surface area contributed by atoms with E-state index in [1.54, 1.807) is 20.8 Å². The molecule has 1 unspecified atom stereocenters. The van der Waals surface area contributed by atoms with Crippen molar-refractivity contribution in [2.75, 3.05) is 26.7 Å². The normalized spacial score (nSPS) is 11.7. The molecule has 0 aliphatic carbocycles. The molecule has 0 saturated carbocycles. The monoisotopic (exact) mass is 447 g/mol. The molecule has 0 aliphatic heterocycles. The van der Waals surface area contributed by atoms with Crippen LogP contribution in [0.4, 0.5) is 4.79 Å². The molecule has 32 heavy (non-hydrogen) atoms. The van der Waals surface area contributed by atoms with Gasteiger partial charge in [0.15, 0.2) is 0 Å². The molecule has 0 heterocycles. The van der Waals surface area contributed by atoms with Gasteiger partial charge in [0.05, 0.1) is 7.11 Å². The van der Waals surface area contributed by atoms with Crippen molar-refractivity contribution in [2.24, 2.45) is 0 Å². The Morgan fingerprint density at radius 1 is 1.09 bits per heavy atom. The highest BCUT2D eigenvalue weighted by atomic mass is 16.6. The topological polar surface area (TPSA) is 114 Å². The van der Waals surface area contributed by atoms with E-state index in [4.69, 9.17) is 4.74 Å². The van der Waals surface area contributed by atoms with Crippen LogP contribution < -0.4 is 10.6 Å². The van der Waals surface area contributed by atoms with Gasteiger partial charge in [-0.2, -0.15) is 0 Å². The van der Waals surface area contributed by atoms with E-state index in [9.17, 15) is 19.2 Å². The van der Waals surface area contributed by atoms with Crippen LogP contribution in [0.25, 0.3) is 0 Å². The molecule has 1 rings (SSSR count). The first kappa shape index (κ1) is 26.7. The van der Waals surface area contributed by atoms with Gasteiger partial charge in [-0.15, -0.1) is 6.58 Å². The third kappa shape index (κ3) is 8.05. The van der Waals surface area contributed by atoms with E-state index in [0.29, 0.717) is 5.56 Å². The summed E-state index contributed by atoms with van der Waals surface area (Å²) in [6.07, 6.45) is 0.739. The summed E-state index contributed by atoms with van der Waals surface area (Å²) in [5, 5.41) is 4.94. The summed E-state index contributed by atoms with van der Waals surface area (Å²) in [7, 11) is 1.22. The third-order valence-electron chi connectivity index (χ3n) is 4.44. The molecular weight excluding hydrogens is 414 g/mol. The number of ether oxygens (including phenoxy) is 2. The number of nitrogens with one attached hydrogen (secondary N) is 2. The fraction of sp³-hybridized carbons (Fsp3) is 0.478. The molecule has 9 heteroatoms. The van der Waals surface area contributed by atoms with Gasteiger partial charge in [-0.25, -0.2) is 4.79 Å². The maximum Gasteiger partial charge on any atom is 0.408 e. The summed E-state index contributed by atoms with van der Waals surface area (Å²) in [6, 6.07) is 4.46. The van der Waals surface area contributed by atoms with E-state index < -0.39 is 35.5 Å². The van der Waals surface area contributed by atoms with Crippen molar-refractivity contribution in [2.45, 2.75) is 46.3 Å². The molecular formula is C23H33N3O6. The number of carbonyl (C=O) groups excluding carboxylic acids is 4. The number of alkyl carbamates (subject to hydrolysis) is 1. The van der Waals surface area contributed by atoms with Crippen molar-refractivity contribution in [1.82, 2.24) is 15.5 Å². The molecule has 1 aromatic rings. The van der Waals surface area contributed by atoms with Crippen LogP contribution in [0.5, 0.6) is 0 Å². The lowest BCUT2D eigenvalue weighted by Crippen LogP contribution is -2.49. The van der Waals surface area contributed by atoms with E-state index in [1.807, 2.05) is 32.0 Å². The van der Waals surface area contributed by atoms with E-state index in [-0.39, 0.29) is 19.6 Å². The van der Waals surface area contributed by atoms with Crippen LogP contribution in [0.1, 0.15) is 43.5 Å². The van der Waals surface area contributed by atoms with Gasteiger partial charge < -0.3 is 25.0 Å². The molecule has 176 valence electrons. The first-order valence-corrected chi connectivity index (χ1v) is 10.2. The Hall–Kier alpha value is -3.36. The molecule has 2 N–H and O–H groups in total. The van der Waals surface area contributed by atoms with Gasteiger partial charge in [-0.3, -0.25) is 14.4 Å². The third-order valence-corrected chi connectivity index (χ3v) is 4.44. The average Bonchev–Trinajstić information content (AvgIpc) is 2.70. The lowest BCUT2D eigenvalue weighted by molar-refractivity contribution is -0.143. The second-order valence-electron chi connectivity index (χ2n) is 8.19. The van der Waals surface area contributed by atoms with Crippen LogP contribution in [0.15, 0.2) is 30.9 Å². The number of hydrogen-bond donors (Lipinski definition) is 2. The molecule has 0 spiro atoms. The average molecular weight is 448 g/mol. The Balaban J connectivity index is 3.25. The van der Waals surface area contributed by atoms with E-state index in [1.165, 1.54) is 18.1 Å².